The molecule has 1 aromatic carbocycles. The largest absolute Gasteiger partial charge is 0.497 e. The highest BCUT2D eigenvalue weighted by molar-refractivity contribution is 5.99. The summed E-state index contributed by atoms with van der Waals surface area (Å²) < 4.78 is 10.7. The second-order valence-electron chi connectivity index (χ2n) is 6.06. The van der Waals surface area contributed by atoms with Crippen molar-refractivity contribution in [3.05, 3.63) is 23.9 Å². The van der Waals surface area contributed by atoms with Gasteiger partial charge in [0.2, 0.25) is 5.91 Å². The van der Waals surface area contributed by atoms with Crippen LogP contribution in [0, 0.1) is 11.3 Å². The van der Waals surface area contributed by atoms with Crippen molar-refractivity contribution in [3.8, 4) is 17.6 Å². The third kappa shape index (κ3) is 3.43. The molecular formula is C18H20N4O3. The molecule has 1 fully saturated rings. The highest BCUT2D eigenvalue weighted by atomic mass is 16.5. The molecule has 7 heteroatoms. The number of amides is 1. The van der Waals surface area contributed by atoms with Crippen molar-refractivity contribution < 1.29 is 14.3 Å². The second-order valence-corrected chi connectivity index (χ2v) is 6.06. The van der Waals surface area contributed by atoms with Crippen molar-refractivity contribution >= 4 is 22.5 Å². The maximum atomic E-state index is 12.2. The summed E-state index contributed by atoms with van der Waals surface area (Å²) in [6.45, 7) is 0.157. The molecule has 0 saturated heterocycles. The molecule has 1 aliphatic rings. The number of methoxy groups -OCH3 is 2. The minimum atomic E-state index is -0.0614. The number of hydrogen-bond donors (Lipinski definition) is 1. The van der Waals surface area contributed by atoms with Gasteiger partial charge in [0.1, 0.15) is 23.1 Å². The van der Waals surface area contributed by atoms with Crippen LogP contribution >= 0.6 is 0 Å². The number of likely N-dealkylation sites (N-methyl/N-ethyl adjacent to an activating group) is 1. The van der Waals surface area contributed by atoms with Crippen molar-refractivity contribution in [2.24, 2.45) is 0 Å². The van der Waals surface area contributed by atoms with Gasteiger partial charge >= 0.3 is 0 Å². The number of nitriles is 1. The summed E-state index contributed by atoms with van der Waals surface area (Å²) in [6, 6.07) is 5.99. The first-order valence-corrected chi connectivity index (χ1v) is 8.02. The average molecular weight is 340 g/mol. The van der Waals surface area contributed by atoms with E-state index in [0.29, 0.717) is 39.7 Å². The highest BCUT2D eigenvalue weighted by Crippen LogP contribution is 2.36. The van der Waals surface area contributed by atoms with Crippen LogP contribution in [0.2, 0.25) is 0 Å². The van der Waals surface area contributed by atoms with Gasteiger partial charge in [-0.2, -0.15) is 5.26 Å². The van der Waals surface area contributed by atoms with E-state index in [1.807, 2.05) is 0 Å². The number of hydrogen-bond acceptors (Lipinski definition) is 6. The molecule has 2 aromatic rings. The van der Waals surface area contributed by atoms with E-state index in [0.717, 1.165) is 12.8 Å². The third-order valence-electron chi connectivity index (χ3n) is 4.16. The molecule has 1 heterocycles. The van der Waals surface area contributed by atoms with Crippen molar-refractivity contribution in [2.45, 2.75) is 18.9 Å². The van der Waals surface area contributed by atoms with Gasteiger partial charge in [0, 0.05) is 30.7 Å². The Hall–Kier alpha value is -3.01. The van der Waals surface area contributed by atoms with Gasteiger partial charge in [-0.1, -0.05) is 0 Å². The van der Waals surface area contributed by atoms with Crippen molar-refractivity contribution in [3.63, 3.8) is 0 Å². The number of pyridine rings is 1. The van der Waals surface area contributed by atoms with Crippen LogP contribution in [0.25, 0.3) is 10.9 Å². The van der Waals surface area contributed by atoms with Gasteiger partial charge in [-0.05, 0) is 18.9 Å². The molecule has 1 saturated carbocycles. The van der Waals surface area contributed by atoms with E-state index in [9.17, 15) is 10.1 Å². The highest BCUT2D eigenvalue weighted by Gasteiger charge is 2.24. The molecule has 25 heavy (non-hydrogen) atoms. The number of carbonyl (C=O) groups excluding carboxylic acids is 1. The summed E-state index contributed by atoms with van der Waals surface area (Å²) in [5, 5.41) is 13.2. The maximum Gasteiger partial charge on any atom is 0.239 e. The molecule has 7 nitrogen and oxygen atoms in total. The average Bonchev–Trinajstić information content (AvgIpc) is 3.42. The topological polar surface area (TPSA) is 87.5 Å². The first-order valence-electron chi connectivity index (χ1n) is 8.02. The molecule has 1 N–H and O–H groups in total. The van der Waals surface area contributed by atoms with Crippen molar-refractivity contribution in [1.82, 2.24) is 10.3 Å². The fourth-order valence-electron chi connectivity index (χ4n) is 2.79. The Morgan fingerprint density at radius 2 is 2.16 bits per heavy atom. The van der Waals surface area contributed by atoms with Gasteiger partial charge in [-0.3, -0.25) is 9.78 Å². The van der Waals surface area contributed by atoms with E-state index in [2.05, 4.69) is 16.4 Å². The summed E-state index contributed by atoms with van der Waals surface area (Å²) in [4.78, 5) is 18.3. The SMILES string of the molecule is COc1cc(OC)c2ncc(C#N)c(N(C)CC(=O)NC3CC3)c2c1. The van der Waals surface area contributed by atoms with Gasteiger partial charge in [0.05, 0.1) is 32.0 Å². The summed E-state index contributed by atoms with van der Waals surface area (Å²) in [5.74, 6) is 1.09. The molecule has 130 valence electrons. The van der Waals surface area contributed by atoms with Crippen LogP contribution in [0.1, 0.15) is 18.4 Å². The molecule has 0 radical (unpaired) electrons. The van der Waals surface area contributed by atoms with E-state index in [1.54, 1.807) is 38.3 Å². The lowest BCUT2D eigenvalue weighted by Crippen LogP contribution is -2.36. The molecule has 0 atom stereocenters. The monoisotopic (exact) mass is 340 g/mol. The molecule has 1 amide bonds. The number of benzene rings is 1. The van der Waals surface area contributed by atoms with Crippen LogP contribution in [-0.4, -0.2) is 44.7 Å². The normalized spacial score (nSPS) is 13.2. The smallest absolute Gasteiger partial charge is 0.239 e. The Morgan fingerprint density at radius 3 is 2.76 bits per heavy atom. The number of carbonyl (C=O) groups is 1. The lowest BCUT2D eigenvalue weighted by Gasteiger charge is -2.22. The maximum absolute atomic E-state index is 12.2. The number of fused-ring (bicyclic) bond motifs is 1. The number of nitrogens with one attached hydrogen (secondary N) is 1. The van der Waals surface area contributed by atoms with Gasteiger partial charge in [-0.25, -0.2) is 0 Å². The fourth-order valence-corrected chi connectivity index (χ4v) is 2.79. The third-order valence-corrected chi connectivity index (χ3v) is 4.16. The molecule has 1 aromatic heterocycles. The van der Waals surface area contributed by atoms with Gasteiger partial charge in [0.15, 0.2) is 0 Å². The van der Waals surface area contributed by atoms with Crippen LogP contribution in [0.5, 0.6) is 11.5 Å². The number of ether oxygens (including phenoxy) is 2. The van der Waals surface area contributed by atoms with Crippen molar-refractivity contribution in [2.75, 3.05) is 32.7 Å². The van der Waals surface area contributed by atoms with E-state index >= 15 is 0 Å². The number of nitrogens with zero attached hydrogens (tertiary/aromatic N) is 3. The van der Waals surface area contributed by atoms with E-state index in [-0.39, 0.29) is 12.5 Å². The zero-order valence-electron chi connectivity index (χ0n) is 14.5. The van der Waals surface area contributed by atoms with Crippen molar-refractivity contribution in [1.29, 1.82) is 5.26 Å². The van der Waals surface area contributed by atoms with Gasteiger partial charge < -0.3 is 19.7 Å². The lowest BCUT2D eigenvalue weighted by molar-refractivity contribution is -0.119. The minimum absolute atomic E-state index is 0.0614. The van der Waals surface area contributed by atoms with Gasteiger partial charge in [0.25, 0.3) is 0 Å². The Kier molecular flexibility index (Phi) is 4.61. The van der Waals surface area contributed by atoms with E-state index in [4.69, 9.17) is 9.47 Å². The predicted molar refractivity (Wildman–Crippen MR) is 94.0 cm³/mol. The molecule has 0 aliphatic heterocycles. The summed E-state index contributed by atoms with van der Waals surface area (Å²) in [6.07, 6.45) is 3.57. The van der Waals surface area contributed by atoms with Crippen LogP contribution in [0.15, 0.2) is 18.3 Å². The van der Waals surface area contributed by atoms with Gasteiger partial charge in [-0.15, -0.1) is 0 Å². The Labute approximate surface area is 146 Å². The van der Waals surface area contributed by atoms with E-state index in [1.165, 1.54) is 6.20 Å². The Balaban J connectivity index is 2.06. The molecular weight excluding hydrogens is 320 g/mol. The molecule has 3 rings (SSSR count). The lowest BCUT2D eigenvalue weighted by atomic mass is 10.1. The fraction of sp³-hybridized carbons (Fsp3) is 0.389. The second kappa shape index (κ2) is 6.85. The summed E-state index contributed by atoms with van der Waals surface area (Å²) >= 11 is 0. The number of anilines is 1. The van der Waals surface area contributed by atoms with Crippen LogP contribution in [0.4, 0.5) is 5.69 Å². The molecule has 1 aliphatic carbocycles. The molecule has 0 spiro atoms. The van der Waals surface area contributed by atoms with E-state index < -0.39 is 0 Å². The number of aromatic nitrogens is 1. The van der Waals surface area contributed by atoms with Crippen LogP contribution < -0.4 is 19.7 Å². The molecule has 0 bridgehead atoms. The quantitative estimate of drug-likeness (QED) is 0.863. The zero-order valence-corrected chi connectivity index (χ0v) is 14.5. The van der Waals surface area contributed by atoms with Crippen LogP contribution in [-0.2, 0) is 4.79 Å². The first kappa shape index (κ1) is 16.8. The summed E-state index contributed by atoms with van der Waals surface area (Å²) in [5.41, 5.74) is 1.65. The summed E-state index contributed by atoms with van der Waals surface area (Å²) in [7, 11) is 4.91. The zero-order chi connectivity index (χ0) is 18.0. The standard InChI is InChI=1S/C18H20N4O3/c1-22(10-16(23)21-12-4-5-12)18-11(8-19)9-20-17-14(18)6-13(24-2)7-15(17)25-3/h6-7,9,12H,4-5,10H2,1-3H3,(H,21,23). The van der Waals surface area contributed by atoms with Crippen LogP contribution in [0.3, 0.4) is 0 Å². The predicted octanol–water partition coefficient (Wildman–Crippen LogP) is 1.84. The Morgan fingerprint density at radius 1 is 1.40 bits per heavy atom. The Bertz CT molecular complexity index is 856. The number of rotatable bonds is 6. The first-order chi connectivity index (χ1) is 12.1. The molecule has 0 unspecified atom stereocenters. The minimum Gasteiger partial charge on any atom is -0.497 e.